The van der Waals surface area contributed by atoms with Gasteiger partial charge in [-0.15, -0.1) is 0 Å². The van der Waals surface area contributed by atoms with Gasteiger partial charge < -0.3 is 14.9 Å². The zero-order valence-electron chi connectivity index (χ0n) is 22.6. The van der Waals surface area contributed by atoms with Crippen LogP contribution < -0.4 is 0 Å². The molecule has 0 radical (unpaired) electrons. The number of aliphatic hydroxyl groups excluding tert-OH is 1. The Morgan fingerprint density at radius 3 is 2.41 bits per heavy atom. The molecule has 0 aromatic carbocycles. The molecule has 192 valence electrons. The number of fused-ring (bicyclic) bond motifs is 5. The molecular weight excluding hydrogens is 424 g/mol. The molecule has 5 aliphatic rings. The third kappa shape index (κ3) is 3.23. The topological polar surface area (TPSA) is 66.8 Å². The van der Waals surface area contributed by atoms with Gasteiger partial charge in [0.15, 0.2) is 0 Å². The summed E-state index contributed by atoms with van der Waals surface area (Å²) < 4.78 is 6.12. The normalized spacial score (nSPS) is 50.7. The van der Waals surface area contributed by atoms with Crippen LogP contribution >= 0.6 is 0 Å². The van der Waals surface area contributed by atoms with Crippen molar-refractivity contribution >= 4 is 5.78 Å². The van der Waals surface area contributed by atoms with E-state index in [2.05, 4.69) is 40.7 Å². The minimum atomic E-state index is -1.02. The molecule has 0 bridgehead atoms. The number of Topliss-reactive ketones (excluding diaryl/α,β-unsaturated/α-hetero) is 1. The van der Waals surface area contributed by atoms with Gasteiger partial charge in [-0.25, -0.2) is 0 Å². The number of carbonyl (C=O) groups is 1. The zero-order valence-corrected chi connectivity index (χ0v) is 22.6. The van der Waals surface area contributed by atoms with E-state index in [-0.39, 0.29) is 21.7 Å². The molecule has 9 atom stereocenters. The van der Waals surface area contributed by atoms with Gasteiger partial charge >= 0.3 is 0 Å². The second-order valence-electron chi connectivity index (χ2n) is 14.6. The molecule has 1 aliphatic heterocycles. The summed E-state index contributed by atoms with van der Waals surface area (Å²) in [5.41, 5.74) is 1.05. The summed E-state index contributed by atoms with van der Waals surface area (Å²) in [4.78, 5) is 12.8. The maximum absolute atomic E-state index is 12.8. The molecule has 4 aliphatic carbocycles. The molecule has 0 aromatic heterocycles. The van der Waals surface area contributed by atoms with E-state index in [4.69, 9.17) is 4.74 Å². The zero-order chi connectivity index (χ0) is 24.9. The molecule has 1 heterocycles. The lowest BCUT2D eigenvalue weighted by atomic mass is 9.41. The molecule has 0 aromatic rings. The maximum Gasteiger partial charge on any atom is 0.138 e. The number of carbonyl (C=O) groups excluding carboxylic acids is 1. The monoisotopic (exact) mass is 472 g/mol. The van der Waals surface area contributed by atoms with Crippen LogP contribution in [0.3, 0.4) is 0 Å². The lowest BCUT2D eigenvalue weighted by molar-refractivity contribution is -0.187. The maximum atomic E-state index is 12.8. The second kappa shape index (κ2) is 7.65. The van der Waals surface area contributed by atoms with E-state index in [0.29, 0.717) is 36.1 Å². The summed E-state index contributed by atoms with van der Waals surface area (Å²) in [5.74, 6) is 2.37. The first-order chi connectivity index (χ1) is 15.7. The van der Waals surface area contributed by atoms with E-state index in [1.807, 2.05) is 0 Å². The van der Waals surface area contributed by atoms with Crippen LogP contribution in [-0.2, 0) is 9.53 Å². The molecular formula is C30H48O4. The summed E-state index contributed by atoms with van der Waals surface area (Å²) in [6, 6.07) is 0. The summed E-state index contributed by atoms with van der Waals surface area (Å²) in [5, 5.41) is 21.3. The second-order valence-corrected chi connectivity index (χ2v) is 14.6. The molecule has 0 amide bonds. The quantitative estimate of drug-likeness (QED) is 0.506. The highest BCUT2D eigenvalue weighted by atomic mass is 16.5. The third-order valence-electron chi connectivity index (χ3n) is 12.3. The van der Waals surface area contributed by atoms with Crippen LogP contribution in [0.25, 0.3) is 0 Å². The van der Waals surface area contributed by atoms with Crippen molar-refractivity contribution in [3.63, 3.8) is 0 Å². The Hall–Kier alpha value is -0.710. The highest BCUT2D eigenvalue weighted by Crippen LogP contribution is 2.73. The molecule has 34 heavy (non-hydrogen) atoms. The highest BCUT2D eigenvalue weighted by Gasteiger charge is 2.66. The first-order valence-corrected chi connectivity index (χ1v) is 13.9. The lowest BCUT2D eigenvalue weighted by Crippen LogP contribution is -2.58. The van der Waals surface area contributed by atoms with E-state index < -0.39 is 17.8 Å². The summed E-state index contributed by atoms with van der Waals surface area (Å²) in [6.07, 6.45) is 9.84. The van der Waals surface area contributed by atoms with Gasteiger partial charge in [0.25, 0.3) is 0 Å². The van der Waals surface area contributed by atoms with Crippen LogP contribution in [0.1, 0.15) is 99.8 Å². The fourth-order valence-electron chi connectivity index (χ4n) is 10.1. The standard InChI is InChI=1S/C30H48O4/c1-26(2)23-9-8-21-20(28(23,5)13-12-24(26)32)11-15-29(6)19(10-14-30(21,29)7)18-16-22(31)25(34-17-18)27(3,4)33/h8,18-20,22-23,25,31,33H,9-17H2,1-7H3/t18?,19-,20-,22+,23-,25-,28+,29-,30+/m0/s1. The average molecular weight is 473 g/mol. The van der Waals surface area contributed by atoms with Crippen molar-refractivity contribution in [1.82, 2.24) is 0 Å². The molecule has 4 fully saturated rings. The van der Waals surface area contributed by atoms with E-state index in [9.17, 15) is 15.0 Å². The Bertz CT molecular complexity index is 883. The molecule has 5 rings (SSSR count). The van der Waals surface area contributed by atoms with E-state index >= 15 is 0 Å². The van der Waals surface area contributed by atoms with Crippen LogP contribution in [0.15, 0.2) is 11.6 Å². The third-order valence-corrected chi connectivity index (χ3v) is 12.3. The first kappa shape index (κ1) is 25.0. The van der Waals surface area contributed by atoms with Gasteiger partial charge in [0.2, 0.25) is 0 Å². The Morgan fingerprint density at radius 2 is 1.76 bits per heavy atom. The Labute approximate surface area is 206 Å². The fraction of sp³-hybridized carbons (Fsp3) is 0.900. The summed E-state index contributed by atoms with van der Waals surface area (Å²) in [7, 11) is 0. The Balaban J connectivity index is 1.43. The SMILES string of the molecule is CC(C)(O)[C@H]1OCC([C@@H]2CC[C@]3(C)C4=CC[C@H]5C(C)(C)C(=O)CC[C@]5(C)[C@H]4CC[C@@]23C)C[C@H]1O. The van der Waals surface area contributed by atoms with Crippen molar-refractivity contribution in [2.45, 2.75) is 118 Å². The van der Waals surface area contributed by atoms with Gasteiger partial charge in [-0.3, -0.25) is 4.79 Å². The van der Waals surface area contributed by atoms with Gasteiger partial charge in [0.05, 0.1) is 18.3 Å². The minimum Gasteiger partial charge on any atom is -0.390 e. The molecule has 4 nitrogen and oxygen atoms in total. The Morgan fingerprint density at radius 1 is 1.06 bits per heavy atom. The minimum absolute atomic E-state index is 0.179. The summed E-state index contributed by atoms with van der Waals surface area (Å²) in [6.45, 7) is 16.1. The molecule has 2 N–H and O–H groups in total. The van der Waals surface area contributed by atoms with Gasteiger partial charge in [0, 0.05) is 11.8 Å². The number of ketones is 1. The van der Waals surface area contributed by atoms with E-state index in [1.54, 1.807) is 19.4 Å². The van der Waals surface area contributed by atoms with Crippen LogP contribution in [-0.4, -0.2) is 40.4 Å². The van der Waals surface area contributed by atoms with Gasteiger partial charge in [-0.1, -0.05) is 46.3 Å². The van der Waals surface area contributed by atoms with Crippen molar-refractivity contribution in [2.24, 2.45) is 45.3 Å². The predicted octanol–water partition coefficient (Wildman–Crippen LogP) is 5.70. The van der Waals surface area contributed by atoms with E-state index in [1.165, 1.54) is 25.7 Å². The number of allylic oxidation sites excluding steroid dienone is 2. The Kier molecular flexibility index (Phi) is 5.62. The number of ether oxygens (including phenoxy) is 1. The van der Waals surface area contributed by atoms with Crippen LogP contribution in [0.2, 0.25) is 0 Å². The number of hydrogen-bond acceptors (Lipinski definition) is 4. The first-order valence-electron chi connectivity index (χ1n) is 13.9. The van der Waals surface area contributed by atoms with Gasteiger partial charge in [0.1, 0.15) is 11.9 Å². The van der Waals surface area contributed by atoms with Crippen LogP contribution in [0, 0.1) is 45.3 Å². The van der Waals surface area contributed by atoms with Gasteiger partial charge in [-0.05, 0) is 98.7 Å². The molecule has 3 saturated carbocycles. The molecule has 1 saturated heterocycles. The molecule has 1 unspecified atom stereocenters. The van der Waals surface area contributed by atoms with E-state index in [0.717, 1.165) is 25.7 Å². The van der Waals surface area contributed by atoms with Crippen molar-refractivity contribution in [3.8, 4) is 0 Å². The highest BCUT2D eigenvalue weighted by molar-refractivity contribution is 5.85. The average Bonchev–Trinajstić information content (AvgIpc) is 3.02. The molecule has 0 spiro atoms. The van der Waals surface area contributed by atoms with Gasteiger partial charge in [-0.2, -0.15) is 0 Å². The van der Waals surface area contributed by atoms with Crippen LogP contribution in [0.5, 0.6) is 0 Å². The summed E-state index contributed by atoms with van der Waals surface area (Å²) >= 11 is 0. The van der Waals surface area contributed by atoms with Crippen molar-refractivity contribution in [3.05, 3.63) is 11.6 Å². The largest absolute Gasteiger partial charge is 0.390 e. The smallest absolute Gasteiger partial charge is 0.138 e. The predicted molar refractivity (Wildman–Crippen MR) is 134 cm³/mol. The van der Waals surface area contributed by atoms with Crippen molar-refractivity contribution in [1.29, 1.82) is 0 Å². The fourth-order valence-corrected chi connectivity index (χ4v) is 10.1. The molecule has 4 heteroatoms. The number of rotatable bonds is 2. The lowest BCUT2D eigenvalue weighted by Gasteiger charge is -2.63. The number of hydrogen-bond donors (Lipinski definition) is 2. The van der Waals surface area contributed by atoms with Crippen molar-refractivity contribution in [2.75, 3.05) is 6.61 Å². The number of aliphatic hydroxyl groups is 2. The van der Waals surface area contributed by atoms with Crippen LogP contribution in [0.4, 0.5) is 0 Å². The van der Waals surface area contributed by atoms with Crippen molar-refractivity contribution < 1.29 is 19.7 Å².